The molecule has 1 aromatic rings. The van der Waals surface area contributed by atoms with Crippen molar-refractivity contribution in [3.05, 3.63) is 11.8 Å². The van der Waals surface area contributed by atoms with Crippen molar-refractivity contribution < 1.29 is 9.90 Å². The van der Waals surface area contributed by atoms with Crippen molar-refractivity contribution in [2.24, 2.45) is 0 Å². The van der Waals surface area contributed by atoms with Gasteiger partial charge in [-0.2, -0.15) is 5.10 Å². The van der Waals surface area contributed by atoms with Crippen molar-refractivity contribution >= 4 is 11.7 Å². The van der Waals surface area contributed by atoms with Gasteiger partial charge in [0, 0.05) is 26.2 Å². The third-order valence-electron chi connectivity index (χ3n) is 3.19. The first-order valence-corrected chi connectivity index (χ1v) is 6.13. The van der Waals surface area contributed by atoms with Crippen molar-refractivity contribution in [1.29, 1.82) is 0 Å². The molecule has 100 valence electrons. The summed E-state index contributed by atoms with van der Waals surface area (Å²) in [6, 6.07) is 0. The zero-order valence-corrected chi connectivity index (χ0v) is 10.3. The van der Waals surface area contributed by atoms with Gasteiger partial charge in [0.05, 0.1) is 12.8 Å². The summed E-state index contributed by atoms with van der Waals surface area (Å²) in [6.45, 7) is 3.88. The quantitative estimate of drug-likeness (QED) is 0.650. The Bertz CT molecular complexity index is 406. The minimum absolute atomic E-state index is 0.0768. The molecule has 1 aliphatic heterocycles. The predicted octanol–water partition coefficient (Wildman–Crippen LogP) is -0.868. The lowest BCUT2D eigenvalue weighted by Gasteiger charge is -2.21. The monoisotopic (exact) mass is 253 g/mol. The first-order chi connectivity index (χ1) is 8.72. The van der Waals surface area contributed by atoms with Crippen LogP contribution in [0.3, 0.4) is 0 Å². The average molecular weight is 253 g/mol. The van der Waals surface area contributed by atoms with E-state index >= 15 is 0 Å². The largest absolute Gasteiger partial charge is 0.395 e. The van der Waals surface area contributed by atoms with Crippen LogP contribution in [-0.4, -0.2) is 70.3 Å². The maximum Gasteiger partial charge on any atom is 0.259 e. The van der Waals surface area contributed by atoms with E-state index in [1.54, 1.807) is 4.90 Å². The lowest BCUT2D eigenvalue weighted by Crippen LogP contribution is -2.36. The molecule has 1 fully saturated rings. The fourth-order valence-electron chi connectivity index (χ4n) is 2.18. The summed E-state index contributed by atoms with van der Waals surface area (Å²) in [5.41, 5.74) is 6.09. The molecule has 4 N–H and O–H groups in total. The van der Waals surface area contributed by atoms with Crippen molar-refractivity contribution in [2.75, 3.05) is 45.1 Å². The summed E-state index contributed by atoms with van der Waals surface area (Å²) in [6.07, 6.45) is 2.37. The summed E-state index contributed by atoms with van der Waals surface area (Å²) in [5, 5.41) is 15.3. The first-order valence-electron chi connectivity index (χ1n) is 6.13. The third kappa shape index (κ3) is 2.80. The van der Waals surface area contributed by atoms with Gasteiger partial charge in [-0.25, -0.2) is 0 Å². The number of aromatic nitrogens is 2. The van der Waals surface area contributed by atoms with Crippen LogP contribution in [0, 0.1) is 0 Å². The molecule has 1 saturated heterocycles. The van der Waals surface area contributed by atoms with E-state index in [2.05, 4.69) is 15.1 Å². The molecule has 0 saturated carbocycles. The van der Waals surface area contributed by atoms with Gasteiger partial charge >= 0.3 is 0 Å². The number of hydrogen-bond donors (Lipinski definition) is 3. The van der Waals surface area contributed by atoms with Gasteiger partial charge in [-0.1, -0.05) is 0 Å². The van der Waals surface area contributed by atoms with E-state index in [1.165, 1.54) is 6.20 Å². The molecule has 0 radical (unpaired) electrons. The lowest BCUT2D eigenvalue weighted by atomic mass is 10.2. The zero-order valence-electron chi connectivity index (χ0n) is 10.3. The van der Waals surface area contributed by atoms with Gasteiger partial charge in [0.25, 0.3) is 5.91 Å². The summed E-state index contributed by atoms with van der Waals surface area (Å²) >= 11 is 0. The van der Waals surface area contributed by atoms with E-state index in [-0.39, 0.29) is 12.5 Å². The highest BCUT2D eigenvalue weighted by Crippen LogP contribution is 2.12. The summed E-state index contributed by atoms with van der Waals surface area (Å²) in [7, 11) is 0. The van der Waals surface area contributed by atoms with Gasteiger partial charge < -0.3 is 15.7 Å². The molecule has 1 aliphatic rings. The van der Waals surface area contributed by atoms with Crippen LogP contribution >= 0.6 is 0 Å². The number of aromatic amines is 1. The second kappa shape index (κ2) is 5.83. The van der Waals surface area contributed by atoms with Crippen LogP contribution in [0.1, 0.15) is 16.8 Å². The second-order valence-corrected chi connectivity index (χ2v) is 4.41. The number of rotatable bonds is 3. The summed E-state index contributed by atoms with van der Waals surface area (Å²) in [5.74, 6) is 0.239. The zero-order chi connectivity index (χ0) is 13.0. The summed E-state index contributed by atoms with van der Waals surface area (Å²) < 4.78 is 0. The van der Waals surface area contributed by atoms with E-state index in [0.29, 0.717) is 31.0 Å². The number of carbonyl (C=O) groups excluding carboxylic acids is 1. The van der Waals surface area contributed by atoms with Crippen LogP contribution in [0.2, 0.25) is 0 Å². The predicted molar refractivity (Wildman–Crippen MR) is 67.0 cm³/mol. The van der Waals surface area contributed by atoms with Gasteiger partial charge in [0.1, 0.15) is 11.4 Å². The van der Waals surface area contributed by atoms with Gasteiger partial charge in [-0.05, 0) is 13.0 Å². The maximum absolute atomic E-state index is 12.2. The number of anilines is 1. The molecule has 0 unspecified atom stereocenters. The minimum Gasteiger partial charge on any atom is -0.395 e. The normalized spacial score (nSPS) is 17.7. The van der Waals surface area contributed by atoms with Crippen molar-refractivity contribution in [1.82, 2.24) is 20.0 Å². The number of β-amino-alcohol motifs (C(OH)–C–C–N with tert-alkyl or cyclic N) is 1. The third-order valence-corrected chi connectivity index (χ3v) is 3.19. The number of amides is 1. The maximum atomic E-state index is 12.2. The molecule has 1 amide bonds. The molecule has 0 bridgehead atoms. The van der Waals surface area contributed by atoms with Crippen LogP contribution in [0.15, 0.2) is 6.20 Å². The van der Waals surface area contributed by atoms with Gasteiger partial charge in [-0.15, -0.1) is 0 Å². The Morgan fingerprint density at radius 1 is 1.44 bits per heavy atom. The van der Waals surface area contributed by atoms with Crippen LogP contribution in [0.4, 0.5) is 5.82 Å². The highest BCUT2D eigenvalue weighted by Gasteiger charge is 2.22. The van der Waals surface area contributed by atoms with Crippen LogP contribution in [0.25, 0.3) is 0 Å². The number of nitrogens with zero attached hydrogens (tertiary/aromatic N) is 3. The van der Waals surface area contributed by atoms with Gasteiger partial charge in [0.15, 0.2) is 0 Å². The fourth-order valence-corrected chi connectivity index (χ4v) is 2.18. The van der Waals surface area contributed by atoms with E-state index in [1.807, 2.05) is 0 Å². The Hall–Kier alpha value is -1.60. The van der Waals surface area contributed by atoms with E-state index in [4.69, 9.17) is 10.8 Å². The molecular formula is C11H19N5O2. The fraction of sp³-hybridized carbons (Fsp3) is 0.636. The smallest absolute Gasteiger partial charge is 0.259 e. The number of nitrogens with two attached hydrogens (primary N) is 1. The molecular weight excluding hydrogens is 234 g/mol. The molecule has 0 aromatic carbocycles. The van der Waals surface area contributed by atoms with E-state index < -0.39 is 0 Å². The van der Waals surface area contributed by atoms with E-state index in [9.17, 15) is 4.79 Å². The lowest BCUT2D eigenvalue weighted by molar-refractivity contribution is 0.0761. The number of aliphatic hydroxyl groups is 1. The van der Waals surface area contributed by atoms with Crippen molar-refractivity contribution in [3.63, 3.8) is 0 Å². The topological polar surface area (TPSA) is 98.5 Å². The highest BCUT2D eigenvalue weighted by molar-refractivity contribution is 5.98. The number of aliphatic hydroxyl groups excluding tert-OH is 1. The molecule has 0 atom stereocenters. The molecule has 0 spiro atoms. The average Bonchev–Trinajstić information content (AvgIpc) is 2.64. The molecule has 18 heavy (non-hydrogen) atoms. The number of hydrogen-bond acceptors (Lipinski definition) is 5. The Morgan fingerprint density at radius 2 is 2.28 bits per heavy atom. The summed E-state index contributed by atoms with van der Waals surface area (Å²) in [4.78, 5) is 16.2. The Labute approximate surface area is 106 Å². The Balaban J connectivity index is 1.98. The van der Waals surface area contributed by atoms with Crippen molar-refractivity contribution in [2.45, 2.75) is 6.42 Å². The first kappa shape index (κ1) is 12.8. The number of H-pyrrole nitrogens is 1. The highest BCUT2D eigenvalue weighted by atomic mass is 16.3. The number of nitrogens with one attached hydrogen (secondary N) is 1. The van der Waals surface area contributed by atoms with Crippen LogP contribution in [-0.2, 0) is 0 Å². The number of carbonyl (C=O) groups is 1. The molecule has 2 rings (SSSR count). The minimum atomic E-state index is -0.0768. The van der Waals surface area contributed by atoms with Crippen molar-refractivity contribution in [3.8, 4) is 0 Å². The van der Waals surface area contributed by atoms with Crippen LogP contribution in [0.5, 0.6) is 0 Å². The van der Waals surface area contributed by atoms with Gasteiger partial charge in [-0.3, -0.25) is 14.8 Å². The Kier molecular flexibility index (Phi) is 4.16. The van der Waals surface area contributed by atoms with Gasteiger partial charge in [0.2, 0.25) is 0 Å². The molecule has 7 nitrogen and oxygen atoms in total. The number of nitrogen functional groups attached to an aromatic ring is 1. The van der Waals surface area contributed by atoms with Crippen LogP contribution < -0.4 is 5.73 Å². The molecule has 0 aliphatic carbocycles. The second-order valence-electron chi connectivity index (χ2n) is 4.41. The molecule has 7 heteroatoms. The Morgan fingerprint density at radius 3 is 2.94 bits per heavy atom. The molecule has 2 heterocycles. The SMILES string of the molecule is Nc1[nH]ncc1C(=O)N1CCCN(CCO)CC1. The standard InChI is InChI=1S/C11H19N5O2/c12-10-9(8-13-14-10)11(18)16-3-1-2-15(4-5-16)6-7-17/h8,17H,1-7H2,(H3,12,13,14). The van der Waals surface area contributed by atoms with E-state index in [0.717, 1.165) is 19.5 Å². The molecule has 1 aromatic heterocycles.